The molecule has 1 aliphatic carbocycles. The molecule has 1 aliphatic rings. The molecule has 5 heteroatoms. The SMILES string of the molecule is Cc1nc2ccc(N(C)C(=O)C3CC(N)C3)cc2o1. The van der Waals surface area contributed by atoms with E-state index in [-0.39, 0.29) is 17.9 Å². The number of rotatable bonds is 2. The number of carbonyl (C=O) groups is 1. The monoisotopic (exact) mass is 259 g/mol. The normalized spacial score (nSPS) is 22.3. The highest BCUT2D eigenvalue weighted by Crippen LogP contribution is 2.30. The van der Waals surface area contributed by atoms with E-state index in [1.54, 1.807) is 11.9 Å². The summed E-state index contributed by atoms with van der Waals surface area (Å²) in [7, 11) is 1.79. The number of nitrogens with zero attached hydrogens (tertiary/aromatic N) is 2. The molecule has 1 aromatic heterocycles. The summed E-state index contributed by atoms with van der Waals surface area (Å²) in [6.07, 6.45) is 1.57. The second-order valence-corrected chi connectivity index (χ2v) is 5.21. The number of carbonyl (C=O) groups excluding carboxylic acids is 1. The van der Waals surface area contributed by atoms with Gasteiger partial charge >= 0.3 is 0 Å². The molecule has 0 bridgehead atoms. The van der Waals surface area contributed by atoms with E-state index in [0.717, 1.165) is 24.0 Å². The number of oxazole rings is 1. The minimum Gasteiger partial charge on any atom is -0.441 e. The van der Waals surface area contributed by atoms with Crippen molar-refractivity contribution in [1.82, 2.24) is 4.98 Å². The van der Waals surface area contributed by atoms with E-state index >= 15 is 0 Å². The summed E-state index contributed by atoms with van der Waals surface area (Å²) in [5, 5.41) is 0. The van der Waals surface area contributed by atoms with Gasteiger partial charge in [-0.3, -0.25) is 4.79 Å². The van der Waals surface area contributed by atoms with Gasteiger partial charge in [0.05, 0.1) is 0 Å². The number of amides is 1. The van der Waals surface area contributed by atoms with Gasteiger partial charge in [0.15, 0.2) is 11.5 Å². The van der Waals surface area contributed by atoms with Crippen molar-refractivity contribution in [2.24, 2.45) is 11.7 Å². The van der Waals surface area contributed by atoms with Crippen LogP contribution in [0.15, 0.2) is 22.6 Å². The van der Waals surface area contributed by atoms with Gasteiger partial charge in [-0.2, -0.15) is 0 Å². The summed E-state index contributed by atoms with van der Waals surface area (Å²) in [5.41, 5.74) is 8.08. The highest BCUT2D eigenvalue weighted by atomic mass is 16.3. The predicted molar refractivity (Wildman–Crippen MR) is 72.9 cm³/mol. The molecule has 100 valence electrons. The molecule has 2 N–H and O–H groups in total. The standard InChI is InChI=1S/C14H17N3O2/c1-8-16-12-4-3-11(7-13(12)19-8)17(2)14(18)9-5-10(15)6-9/h3-4,7,9-10H,5-6,15H2,1-2H3. The van der Waals surface area contributed by atoms with Crippen molar-refractivity contribution in [2.45, 2.75) is 25.8 Å². The molecule has 5 nitrogen and oxygen atoms in total. The van der Waals surface area contributed by atoms with E-state index in [4.69, 9.17) is 10.2 Å². The number of anilines is 1. The molecule has 0 spiro atoms. The molecule has 0 atom stereocenters. The van der Waals surface area contributed by atoms with Gasteiger partial charge < -0.3 is 15.1 Å². The van der Waals surface area contributed by atoms with Gasteiger partial charge in [-0.15, -0.1) is 0 Å². The topological polar surface area (TPSA) is 72.4 Å². The number of nitrogens with two attached hydrogens (primary N) is 1. The van der Waals surface area contributed by atoms with Crippen molar-refractivity contribution in [3.05, 3.63) is 24.1 Å². The lowest BCUT2D eigenvalue weighted by Gasteiger charge is -2.34. The molecular weight excluding hydrogens is 242 g/mol. The Morgan fingerprint density at radius 1 is 1.47 bits per heavy atom. The number of hydrogen-bond donors (Lipinski definition) is 1. The summed E-state index contributed by atoms with van der Waals surface area (Å²) in [5.74, 6) is 0.815. The van der Waals surface area contributed by atoms with Crippen LogP contribution in [0, 0.1) is 12.8 Å². The lowest BCUT2D eigenvalue weighted by atomic mass is 9.80. The lowest BCUT2D eigenvalue weighted by molar-refractivity contribution is -0.124. The number of aromatic nitrogens is 1. The second-order valence-electron chi connectivity index (χ2n) is 5.21. The van der Waals surface area contributed by atoms with Crippen LogP contribution in [-0.2, 0) is 4.79 Å². The number of fused-ring (bicyclic) bond motifs is 1. The summed E-state index contributed by atoms with van der Waals surface area (Å²) in [4.78, 5) is 18.2. The number of hydrogen-bond acceptors (Lipinski definition) is 4. The van der Waals surface area contributed by atoms with E-state index in [2.05, 4.69) is 4.98 Å². The molecule has 1 saturated carbocycles. The molecule has 3 rings (SSSR count). The van der Waals surface area contributed by atoms with Crippen molar-refractivity contribution >= 4 is 22.7 Å². The molecule has 1 heterocycles. The third-order valence-electron chi connectivity index (χ3n) is 3.72. The minimum atomic E-state index is 0.0622. The van der Waals surface area contributed by atoms with Crippen LogP contribution >= 0.6 is 0 Å². The van der Waals surface area contributed by atoms with Crippen LogP contribution in [-0.4, -0.2) is 24.0 Å². The lowest BCUT2D eigenvalue weighted by Crippen LogP contribution is -2.45. The Labute approximate surface area is 111 Å². The van der Waals surface area contributed by atoms with Gasteiger partial charge in [0, 0.05) is 37.7 Å². The minimum absolute atomic E-state index is 0.0622. The molecule has 1 fully saturated rings. The Balaban J connectivity index is 1.84. The second kappa shape index (κ2) is 4.35. The number of aryl methyl sites for hydroxylation is 1. The Kier molecular flexibility index (Phi) is 2.78. The maximum absolute atomic E-state index is 12.2. The van der Waals surface area contributed by atoms with Gasteiger partial charge in [-0.25, -0.2) is 4.98 Å². The van der Waals surface area contributed by atoms with Crippen LogP contribution in [0.5, 0.6) is 0 Å². The fourth-order valence-corrected chi connectivity index (χ4v) is 2.50. The molecule has 19 heavy (non-hydrogen) atoms. The van der Waals surface area contributed by atoms with Crippen molar-refractivity contribution in [1.29, 1.82) is 0 Å². The fourth-order valence-electron chi connectivity index (χ4n) is 2.50. The van der Waals surface area contributed by atoms with Crippen LogP contribution in [0.1, 0.15) is 18.7 Å². The third kappa shape index (κ3) is 2.10. The van der Waals surface area contributed by atoms with Gasteiger partial charge in [0.2, 0.25) is 5.91 Å². The average molecular weight is 259 g/mol. The Morgan fingerprint density at radius 3 is 2.89 bits per heavy atom. The summed E-state index contributed by atoms with van der Waals surface area (Å²) in [6.45, 7) is 1.81. The first-order chi connectivity index (χ1) is 9.04. The summed E-state index contributed by atoms with van der Waals surface area (Å²) < 4.78 is 5.49. The van der Waals surface area contributed by atoms with E-state index < -0.39 is 0 Å². The third-order valence-corrected chi connectivity index (χ3v) is 3.72. The highest BCUT2D eigenvalue weighted by molar-refractivity contribution is 5.96. The van der Waals surface area contributed by atoms with Crippen LogP contribution in [0.25, 0.3) is 11.1 Å². The molecule has 1 aromatic carbocycles. The van der Waals surface area contributed by atoms with Crippen molar-refractivity contribution < 1.29 is 9.21 Å². The van der Waals surface area contributed by atoms with E-state index in [9.17, 15) is 4.79 Å². The summed E-state index contributed by atoms with van der Waals surface area (Å²) in [6, 6.07) is 5.80. The number of benzene rings is 1. The highest BCUT2D eigenvalue weighted by Gasteiger charge is 2.34. The Hall–Kier alpha value is -1.88. The zero-order valence-electron chi connectivity index (χ0n) is 11.1. The van der Waals surface area contributed by atoms with E-state index in [1.807, 2.05) is 25.1 Å². The fraction of sp³-hybridized carbons (Fsp3) is 0.429. The van der Waals surface area contributed by atoms with E-state index in [0.29, 0.717) is 11.5 Å². The first kappa shape index (κ1) is 12.2. The molecule has 0 aliphatic heterocycles. The quantitative estimate of drug-likeness (QED) is 0.893. The summed E-state index contributed by atoms with van der Waals surface area (Å²) >= 11 is 0. The first-order valence-corrected chi connectivity index (χ1v) is 6.45. The van der Waals surface area contributed by atoms with Crippen LogP contribution in [0.4, 0.5) is 5.69 Å². The maximum atomic E-state index is 12.2. The zero-order chi connectivity index (χ0) is 13.6. The average Bonchev–Trinajstić information content (AvgIpc) is 2.72. The van der Waals surface area contributed by atoms with Crippen LogP contribution < -0.4 is 10.6 Å². The van der Waals surface area contributed by atoms with Gasteiger partial charge in [0.1, 0.15) is 5.52 Å². The van der Waals surface area contributed by atoms with Crippen molar-refractivity contribution in [3.63, 3.8) is 0 Å². The first-order valence-electron chi connectivity index (χ1n) is 6.45. The largest absolute Gasteiger partial charge is 0.441 e. The maximum Gasteiger partial charge on any atom is 0.229 e. The smallest absolute Gasteiger partial charge is 0.229 e. The van der Waals surface area contributed by atoms with Gasteiger partial charge in [-0.05, 0) is 25.0 Å². The molecular formula is C14H17N3O2. The van der Waals surface area contributed by atoms with Gasteiger partial charge in [0.25, 0.3) is 0 Å². The van der Waals surface area contributed by atoms with Crippen molar-refractivity contribution in [2.75, 3.05) is 11.9 Å². The van der Waals surface area contributed by atoms with E-state index in [1.165, 1.54) is 0 Å². The van der Waals surface area contributed by atoms with Crippen LogP contribution in [0.3, 0.4) is 0 Å². The molecule has 0 unspecified atom stereocenters. The van der Waals surface area contributed by atoms with Crippen LogP contribution in [0.2, 0.25) is 0 Å². The molecule has 2 aromatic rings. The molecule has 0 saturated heterocycles. The van der Waals surface area contributed by atoms with Gasteiger partial charge in [-0.1, -0.05) is 0 Å². The Bertz CT molecular complexity index is 629. The zero-order valence-corrected chi connectivity index (χ0v) is 11.1. The molecule has 0 radical (unpaired) electrons. The molecule has 1 amide bonds. The predicted octanol–water partition coefficient (Wildman–Crippen LogP) is 1.84. The van der Waals surface area contributed by atoms with Crippen molar-refractivity contribution in [3.8, 4) is 0 Å². The Morgan fingerprint density at radius 2 is 2.21 bits per heavy atom.